The number of hydrazone groups is 1. The lowest BCUT2D eigenvalue weighted by Crippen LogP contribution is -2.37. The molecule has 2 aromatic rings. The quantitative estimate of drug-likeness (QED) is 0.203. The van der Waals surface area contributed by atoms with Crippen molar-refractivity contribution in [3.8, 4) is 11.5 Å². The fourth-order valence-corrected chi connectivity index (χ4v) is 3.89. The number of hydrogen-bond donors (Lipinski definition) is 5. The van der Waals surface area contributed by atoms with E-state index in [9.17, 15) is 19.5 Å². The number of carbonyl (C=O) groups excluding carboxylic acids is 3. The second-order valence-corrected chi connectivity index (χ2v) is 9.98. The SMILES string of the molecule is CC(C)NC[C@H](O)COc1ccc(CC(=O)NCCNC(=O)COc2ccc(C3=NNC(=O)CC3)cc2Cl)cc1. The number of carbonyl (C=O) groups is 3. The van der Waals surface area contributed by atoms with Crippen LogP contribution in [0.3, 0.4) is 0 Å². The normalized spacial score (nSPS) is 13.7. The third-order valence-electron chi connectivity index (χ3n) is 5.79. The van der Waals surface area contributed by atoms with E-state index in [1.807, 2.05) is 13.8 Å². The molecule has 1 atom stereocenters. The molecule has 3 amide bonds. The summed E-state index contributed by atoms with van der Waals surface area (Å²) in [7, 11) is 0. The van der Waals surface area contributed by atoms with Gasteiger partial charge in [0.1, 0.15) is 24.2 Å². The molecule has 0 radical (unpaired) electrons. The number of nitrogens with zero attached hydrogens (tertiary/aromatic N) is 1. The minimum atomic E-state index is -0.612. The summed E-state index contributed by atoms with van der Waals surface area (Å²) >= 11 is 6.28. The summed E-state index contributed by atoms with van der Waals surface area (Å²) in [5.41, 5.74) is 4.75. The minimum Gasteiger partial charge on any atom is -0.491 e. The number of nitrogens with one attached hydrogen (secondary N) is 4. The number of aliphatic hydroxyl groups is 1. The highest BCUT2D eigenvalue weighted by atomic mass is 35.5. The number of amides is 3. The molecule has 216 valence electrons. The van der Waals surface area contributed by atoms with Gasteiger partial charge in [-0.15, -0.1) is 0 Å². The van der Waals surface area contributed by atoms with Gasteiger partial charge in [0, 0.05) is 38.5 Å². The smallest absolute Gasteiger partial charge is 0.258 e. The highest BCUT2D eigenvalue weighted by molar-refractivity contribution is 6.32. The number of benzene rings is 2. The predicted octanol–water partition coefficient (Wildman–Crippen LogP) is 1.55. The Hall–Kier alpha value is -3.67. The average Bonchev–Trinajstić information content (AvgIpc) is 2.93. The predicted molar refractivity (Wildman–Crippen MR) is 152 cm³/mol. The van der Waals surface area contributed by atoms with Crippen LogP contribution in [0.2, 0.25) is 5.02 Å². The van der Waals surface area contributed by atoms with E-state index in [1.54, 1.807) is 42.5 Å². The maximum absolute atomic E-state index is 12.2. The number of ether oxygens (including phenoxy) is 2. The van der Waals surface area contributed by atoms with Crippen LogP contribution in [0.4, 0.5) is 0 Å². The van der Waals surface area contributed by atoms with Crippen LogP contribution in [0, 0.1) is 0 Å². The summed E-state index contributed by atoms with van der Waals surface area (Å²) < 4.78 is 11.1. The van der Waals surface area contributed by atoms with E-state index in [-0.39, 0.29) is 56.5 Å². The number of hydrogen-bond acceptors (Lipinski definition) is 8. The van der Waals surface area contributed by atoms with Gasteiger partial charge in [-0.1, -0.05) is 37.6 Å². The van der Waals surface area contributed by atoms with Crippen molar-refractivity contribution in [1.82, 2.24) is 21.4 Å². The van der Waals surface area contributed by atoms with Crippen molar-refractivity contribution in [3.05, 3.63) is 58.6 Å². The van der Waals surface area contributed by atoms with Crippen LogP contribution < -0.4 is 30.8 Å². The molecule has 3 rings (SSSR count). The van der Waals surface area contributed by atoms with E-state index in [0.29, 0.717) is 35.9 Å². The maximum Gasteiger partial charge on any atom is 0.258 e. The van der Waals surface area contributed by atoms with E-state index >= 15 is 0 Å². The molecule has 0 unspecified atom stereocenters. The summed E-state index contributed by atoms with van der Waals surface area (Å²) in [6.07, 6.45) is 0.456. The number of halogens is 1. The van der Waals surface area contributed by atoms with E-state index in [0.717, 1.165) is 16.8 Å². The zero-order chi connectivity index (χ0) is 28.9. The maximum atomic E-state index is 12.2. The van der Waals surface area contributed by atoms with Crippen molar-refractivity contribution in [3.63, 3.8) is 0 Å². The van der Waals surface area contributed by atoms with Gasteiger partial charge in [0.05, 0.1) is 17.2 Å². The first-order chi connectivity index (χ1) is 19.2. The monoisotopic (exact) mass is 573 g/mol. The van der Waals surface area contributed by atoms with Crippen LogP contribution in [-0.2, 0) is 20.8 Å². The second-order valence-electron chi connectivity index (χ2n) is 9.58. The highest BCUT2D eigenvalue weighted by Gasteiger charge is 2.15. The van der Waals surface area contributed by atoms with Crippen LogP contribution in [-0.4, -0.2) is 73.5 Å². The molecule has 1 aliphatic heterocycles. The first-order valence-electron chi connectivity index (χ1n) is 13.1. The molecule has 5 N–H and O–H groups in total. The number of rotatable bonds is 15. The van der Waals surface area contributed by atoms with E-state index in [2.05, 4.69) is 26.5 Å². The van der Waals surface area contributed by atoms with Gasteiger partial charge in [-0.3, -0.25) is 14.4 Å². The molecule has 2 aromatic carbocycles. The zero-order valence-electron chi connectivity index (χ0n) is 22.7. The molecular formula is C28H36ClN5O6. The first kappa shape index (κ1) is 30.9. The van der Waals surface area contributed by atoms with Crippen molar-refractivity contribution >= 4 is 35.0 Å². The lowest BCUT2D eigenvalue weighted by Gasteiger charge is -2.15. The van der Waals surface area contributed by atoms with Gasteiger partial charge in [0.25, 0.3) is 5.91 Å². The number of aliphatic hydroxyl groups excluding tert-OH is 1. The zero-order valence-corrected chi connectivity index (χ0v) is 23.4. The Balaban J connectivity index is 1.30. The van der Waals surface area contributed by atoms with Gasteiger partial charge < -0.3 is 30.5 Å². The molecule has 12 heteroatoms. The molecule has 0 spiro atoms. The summed E-state index contributed by atoms with van der Waals surface area (Å²) in [6.45, 7) is 4.91. The lowest BCUT2D eigenvalue weighted by atomic mass is 10.0. The van der Waals surface area contributed by atoms with Crippen LogP contribution in [0.25, 0.3) is 0 Å². The second kappa shape index (κ2) is 15.8. The average molecular weight is 574 g/mol. The van der Waals surface area contributed by atoms with Gasteiger partial charge in [-0.2, -0.15) is 5.10 Å². The molecule has 11 nitrogen and oxygen atoms in total. The molecule has 0 aliphatic carbocycles. The first-order valence-corrected chi connectivity index (χ1v) is 13.5. The van der Waals surface area contributed by atoms with E-state index in [1.165, 1.54) is 0 Å². The van der Waals surface area contributed by atoms with Gasteiger partial charge in [-0.25, -0.2) is 5.43 Å². The van der Waals surface area contributed by atoms with Crippen LogP contribution in [0.15, 0.2) is 47.6 Å². The lowest BCUT2D eigenvalue weighted by molar-refractivity contribution is -0.124. The van der Waals surface area contributed by atoms with Crippen molar-refractivity contribution in [2.75, 3.05) is 32.8 Å². The Morgan fingerprint density at radius 1 is 1.05 bits per heavy atom. The highest BCUT2D eigenvalue weighted by Crippen LogP contribution is 2.26. The third kappa shape index (κ3) is 10.8. The molecule has 1 aliphatic rings. The van der Waals surface area contributed by atoms with Crippen LogP contribution in [0.1, 0.15) is 37.8 Å². The summed E-state index contributed by atoms with van der Waals surface area (Å²) in [4.78, 5) is 35.6. The molecule has 40 heavy (non-hydrogen) atoms. The minimum absolute atomic E-state index is 0.125. The Morgan fingerprint density at radius 2 is 1.77 bits per heavy atom. The fourth-order valence-electron chi connectivity index (χ4n) is 3.65. The van der Waals surface area contributed by atoms with Crippen LogP contribution in [0.5, 0.6) is 11.5 Å². The molecule has 1 heterocycles. The third-order valence-corrected chi connectivity index (χ3v) is 6.09. The van der Waals surface area contributed by atoms with E-state index < -0.39 is 6.10 Å². The van der Waals surface area contributed by atoms with Crippen molar-refractivity contribution in [2.24, 2.45) is 5.10 Å². The molecular weight excluding hydrogens is 538 g/mol. The van der Waals surface area contributed by atoms with Crippen molar-refractivity contribution in [2.45, 2.75) is 45.3 Å². The van der Waals surface area contributed by atoms with Gasteiger partial charge in [-0.05, 0) is 41.5 Å². The Kier molecular flexibility index (Phi) is 12.2. The Morgan fingerprint density at radius 3 is 2.42 bits per heavy atom. The molecule has 0 saturated heterocycles. The molecule has 0 saturated carbocycles. The summed E-state index contributed by atoms with van der Waals surface area (Å²) in [5.74, 6) is 0.312. The van der Waals surface area contributed by atoms with Gasteiger partial charge in [0.2, 0.25) is 11.8 Å². The van der Waals surface area contributed by atoms with Gasteiger partial charge in [0.15, 0.2) is 6.61 Å². The van der Waals surface area contributed by atoms with Crippen LogP contribution >= 0.6 is 11.6 Å². The topological polar surface area (TPSA) is 150 Å². The van der Waals surface area contributed by atoms with Gasteiger partial charge >= 0.3 is 0 Å². The standard InChI is InChI=1S/C28H36ClN5O6/c1-18(2)32-15-21(35)16-39-22-6-3-19(4-7-22)13-27(37)30-11-12-31-28(38)17-40-25-9-5-20(14-23(25)29)24-8-10-26(36)34-33-24/h3-7,9,14,18,21,32,35H,8,10-13,15-17H2,1-2H3,(H,30,37)(H,31,38)(H,34,36)/t21-/m0/s1. The molecule has 0 fully saturated rings. The summed E-state index contributed by atoms with van der Waals surface area (Å²) in [6, 6.07) is 12.5. The van der Waals surface area contributed by atoms with E-state index in [4.69, 9.17) is 21.1 Å². The summed E-state index contributed by atoms with van der Waals surface area (Å²) in [5, 5.41) is 22.9. The Labute approximate surface area is 238 Å². The molecule has 0 aromatic heterocycles. The fraction of sp³-hybridized carbons (Fsp3) is 0.429. The largest absolute Gasteiger partial charge is 0.491 e. The van der Waals surface area contributed by atoms with Crippen molar-refractivity contribution < 1.29 is 29.0 Å². The van der Waals surface area contributed by atoms with Crippen molar-refractivity contribution in [1.29, 1.82) is 0 Å². The Bertz CT molecular complexity index is 1190. The molecule has 0 bridgehead atoms.